The highest BCUT2D eigenvalue weighted by Crippen LogP contribution is 2.36. The van der Waals surface area contributed by atoms with Crippen LogP contribution in [0.1, 0.15) is 72.1 Å². The van der Waals surface area contributed by atoms with Gasteiger partial charge in [-0.1, -0.05) is 91.6 Å². The van der Waals surface area contributed by atoms with Crippen LogP contribution in [0.3, 0.4) is 0 Å². The molecule has 2 saturated heterocycles. The van der Waals surface area contributed by atoms with Crippen molar-refractivity contribution in [3.8, 4) is 11.8 Å². The summed E-state index contributed by atoms with van der Waals surface area (Å²) in [5, 5.41) is 10.5. The number of benzene rings is 3. The number of thioether (sulfide) groups is 1. The Labute approximate surface area is 297 Å². The van der Waals surface area contributed by atoms with Gasteiger partial charge in [-0.2, -0.15) is 5.26 Å². The molecule has 3 aromatic rings. The highest BCUT2D eigenvalue weighted by atomic mass is 32.2. The van der Waals surface area contributed by atoms with Crippen molar-refractivity contribution in [2.75, 3.05) is 51.6 Å². The Morgan fingerprint density at radius 1 is 1.00 bits per heavy atom. The van der Waals surface area contributed by atoms with E-state index in [-0.39, 0.29) is 5.91 Å². The lowest BCUT2D eigenvalue weighted by Gasteiger charge is -2.37. The molecule has 8 heteroatoms. The third kappa shape index (κ3) is 8.61. The lowest BCUT2D eigenvalue weighted by molar-refractivity contribution is 0.0746. The topological polar surface area (TPSA) is 59.8 Å². The van der Waals surface area contributed by atoms with E-state index in [0.29, 0.717) is 25.0 Å². The number of carbonyl (C=O) groups is 1. The molecule has 2 fully saturated rings. The molecule has 0 saturated carbocycles. The van der Waals surface area contributed by atoms with Crippen molar-refractivity contribution in [1.29, 1.82) is 5.26 Å². The van der Waals surface area contributed by atoms with Gasteiger partial charge in [0.25, 0.3) is 5.91 Å². The molecule has 6 nitrogen and oxygen atoms in total. The van der Waals surface area contributed by atoms with E-state index in [1.165, 1.54) is 0 Å². The molecule has 2 unspecified atom stereocenters. The SMILES string of the molecule is Cc1cc(C(=O)N2CCCC2C)c(C)cc1OCCC(C)CN1CCN(C(=S)SCCC(C#N)(c2ccccc2)c2ccccc2)CC1. The summed E-state index contributed by atoms with van der Waals surface area (Å²) < 4.78 is 7.17. The lowest BCUT2D eigenvalue weighted by Crippen LogP contribution is -2.48. The monoisotopic (exact) mass is 682 g/mol. The summed E-state index contributed by atoms with van der Waals surface area (Å²) in [7, 11) is 0. The molecule has 5 rings (SSSR count). The summed E-state index contributed by atoms with van der Waals surface area (Å²) in [6, 6.07) is 27.3. The van der Waals surface area contributed by atoms with Crippen molar-refractivity contribution in [2.45, 2.75) is 64.8 Å². The van der Waals surface area contributed by atoms with Gasteiger partial charge in [0, 0.05) is 56.6 Å². The van der Waals surface area contributed by atoms with Crippen LogP contribution in [0.15, 0.2) is 72.8 Å². The van der Waals surface area contributed by atoms with Crippen molar-refractivity contribution >= 4 is 34.2 Å². The van der Waals surface area contributed by atoms with Crippen LogP contribution in [0.4, 0.5) is 0 Å². The van der Waals surface area contributed by atoms with E-state index in [1.807, 2.05) is 67.3 Å². The van der Waals surface area contributed by atoms with E-state index in [4.69, 9.17) is 17.0 Å². The maximum absolute atomic E-state index is 13.1. The molecule has 1 amide bonds. The summed E-state index contributed by atoms with van der Waals surface area (Å²) in [6.45, 7) is 14.9. The number of rotatable bonds is 12. The number of hydrogen-bond donors (Lipinski definition) is 0. The van der Waals surface area contributed by atoms with Crippen LogP contribution >= 0.6 is 24.0 Å². The zero-order chi connectivity index (χ0) is 34.1. The largest absolute Gasteiger partial charge is 0.493 e. The Kier molecular flexibility index (Phi) is 12.6. The first-order valence-electron chi connectivity index (χ1n) is 17.4. The molecular formula is C40H50N4O2S2. The minimum atomic E-state index is -0.699. The van der Waals surface area contributed by atoms with Crippen molar-refractivity contribution in [3.05, 3.63) is 101 Å². The molecular weight excluding hydrogens is 633 g/mol. The average Bonchev–Trinajstić information content (AvgIpc) is 3.54. The Bertz CT molecular complexity index is 1530. The van der Waals surface area contributed by atoms with Gasteiger partial charge < -0.3 is 14.5 Å². The highest BCUT2D eigenvalue weighted by molar-refractivity contribution is 8.22. The second-order valence-corrected chi connectivity index (χ2v) is 15.3. The second-order valence-electron chi connectivity index (χ2n) is 13.6. The minimum Gasteiger partial charge on any atom is -0.493 e. The first-order valence-corrected chi connectivity index (χ1v) is 18.8. The van der Waals surface area contributed by atoms with Gasteiger partial charge in [-0.15, -0.1) is 0 Å². The van der Waals surface area contributed by atoms with Gasteiger partial charge in [-0.05, 0) is 86.8 Å². The number of amides is 1. The lowest BCUT2D eigenvalue weighted by atomic mass is 9.74. The van der Waals surface area contributed by atoms with Gasteiger partial charge >= 0.3 is 0 Å². The summed E-state index contributed by atoms with van der Waals surface area (Å²) in [4.78, 5) is 20.0. The van der Waals surface area contributed by atoms with E-state index in [2.05, 4.69) is 54.0 Å². The van der Waals surface area contributed by atoms with Crippen LogP contribution in [0.5, 0.6) is 5.75 Å². The fraction of sp³-hybridized carbons (Fsp3) is 0.475. The smallest absolute Gasteiger partial charge is 0.254 e. The standard InChI is InChI=1S/C40H50N4O2S2/c1-30(17-24-46-37-27-31(2)36(26-32(37)3)38(45)44-19-11-12-33(44)4)28-42-20-22-43(23-21-42)39(47)48-25-18-40(29-41,34-13-7-5-8-14-34)35-15-9-6-10-16-35/h5-10,13-16,26-27,30,33H,11-12,17-25,28H2,1-4H3. The zero-order valence-electron chi connectivity index (χ0n) is 29.0. The van der Waals surface area contributed by atoms with Crippen LogP contribution < -0.4 is 4.74 Å². The summed E-state index contributed by atoms with van der Waals surface area (Å²) in [6.07, 6.45) is 3.84. The molecule has 2 aliphatic rings. The van der Waals surface area contributed by atoms with Gasteiger partial charge in [0.1, 0.15) is 15.5 Å². The van der Waals surface area contributed by atoms with Gasteiger partial charge in [-0.3, -0.25) is 9.69 Å². The number of carbonyl (C=O) groups excluding carboxylic acids is 1. The van der Waals surface area contributed by atoms with Crippen molar-refractivity contribution in [3.63, 3.8) is 0 Å². The number of ether oxygens (including phenoxy) is 1. The highest BCUT2D eigenvalue weighted by Gasteiger charge is 2.34. The molecule has 0 aliphatic carbocycles. The fourth-order valence-corrected chi connectivity index (χ4v) is 8.43. The molecule has 0 bridgehead atoms. The van der Waals surface area contributed by atoms with Crippen molar-refractivity contribution < 1.29 is 9.53 Å². The van der Waals surface area contributed by atoms with Gasteiger partial charge in [-0.25, -0.2) is 0 Å². The van der Waals surface area contributed by atoms with Crippen LogP contribution in [0.2, 0.25) is 0 Å². The van der Waals surface area contributed by atoms with E-state index in [1.54, 1.807) is 11.8 Å². The van der Waals surface area contributed by atoms with Crippen molar-refractivity contribution in [2.24, 2.45) is 5.92 Å². The van der Waals surface area contributed by atoms with Gasteiger partial charge in [0.15, 0.2) is 0 Å². The van der Waals surface area contributed by atoms with Crippen LogP contribution in [-0.4, -0.2) is 82.6 Å². The minimum absolute atomic E-state index is 0.146. The van der Waals surface area contributed by atoms with Gasteiger partial charge in [0.05, 0.1) is 12.7 Å². The number of likely N-dealkylation sites (tertiary alicyclic amines) is 1. The first kappa shape index (κ1) is 35.9. The molecule has 0 N–H and O–H groups in total. The molecule has 2 aliphatic heterocycles. The van der Waals surface area contributed by atoms with E-state index in [9.17, 15) is 10.1 Å². The Morgan fingerprint density at radius 3 is 2.23 bits per heavy atom. The first-order chi connectivity index (χ1) is 23.2. The zero-order valence-corrected chi connectivity index (χ0v) is 30.6. The molecule has 3 aromatic carbocycles. The van der Waals surface area contributed by atoms with Gasteiger partial charge in [0.2, 0.25) is 0 Å². The maximum atomic E-state index is 13.1. The predicted octanol–water partition coefficient (Wildman–Crippen LogP) is 7.87. The van der Waals surface area contributed by atoms with E-state index < -0.39 is 5.41 Å². The average molecular weight is 683 g/mol. The maximum Gasteiger partial charge on any atom is 0.254 e. The van der Waals surface area contributed by atoms with E-state index in [0.717, 1.165) is 102 Å². The quantitative estimate of drug-likeness (QED) is 0.180. The molecule has 254 valence electrons. The molecule has 48 heavy (non-hydrogen) atoms. The Hall–Kier alpha value is -3.38. The molecule has 2 atom stereocenters. The van der Waals surface area contributed by atoms with Crippen LogP contribution in [0.25, 0.3) is 0 Å². The van der Waals surface area contributed by atoms with E-state index >= 15 is 0 Å². The Balaban J connectivity index is 1.04. The van der Waals surface area contributed by atoms with Crippen molar-refractivity contribution in [1.82, 2.24) is 14.7 Å². The number of hydrogen-bond acceptors (Lipinski definition) is 6. The molecule has 0 radical (unpaired) electrons. The molecule has 0 aromatic heterocycles. The molecule has 2 heterocycles. The van der Waals surface area contributed by atoms with Crippen LogP contribution in [0, 0.1) is 31.1 Å². The number of aryl methyl sites for hydroxylation is 2. The molecule has 0 spiro atoms. The third-order valence-corrected chi connectivity index (χ3v) is 11.6. The predicted molar refractivity (Wildman–Crippen MR) is 202 cm³/mol. The summed E-state index contributed by atoms with van der Waals surface area (Å²) in [5.74, 6) is 2.31. The summed E-state index contributed by atoms with van der Waals surface area (Å²) >= 11 is 7.59. The Morgan fingerprint density at radius 2 is 1.65 bits per heavy atom. The second kappa shape index (κ2) is 16.8. The number of piperazine rings is 1. The fourth-order valence-electron chi connectivity index (χ4n) is 7.05. The van der Waals surface area contributed by atoms with Crippen LogP contribution in [-0.2, 0) is 5.41 Å². The summed E-state index contributed by atoms with van der Waals surface area (Å²) in [5.41, 5.74) is 4.16. The number of nitrogens with zero attached hydrogens (tertiary/aromatic N) is 4. The normalized spacial score (nSPS) is 17.6. The number of thiocarbonyl (C=S) groups is 1. The third-order valence-electron chi connectivity index (χ3n) is 10.1. The number of nitriles is 1.